The summed E-state index contributed by atoms with van der Waals surface area (Å²) in [5.41, 5.74) is -0.0734. The predicted molar refractivity (Wildman–Crippen MR) is 85.3 cm³/mol. The smallest absolute Gasteiger partial charge is 0.408 e. The van der Waals surface area contributed by atoms with Crippen molar-refractivity contribution in [2.45, 2.75) is 54.2 Å². The summed E-state index contributed by atoms with van der Waals surface area (Å²) in [6.07, 6.45) is 2.68. The van der Waals surface area contributed by atoms with Crippen molar-refractivity contribution in [2.75, 3.05) is 0 Å². The first kappa shape index (κ1) is 18.1. The summed E-state index contributed by atoms with van der Waals surface area (Å²) in [4.78, 5) is 28.4. The number of alkyl carbamates (subject to hydrolysis) is 1. The normalized spacial score (nSPS) is 13.4. The molecule has 5 heteroatoms. The molecule has 0 spiro atoms. The Morgan fingerprint density at radius 1 is 1.14 bits per heavy atom. The number of hydrogen-bond donors (Lipinski definition) is 1. The van der Waals surface area contributed by atoms with Gasteiger partial charge < -0.3 is 10.1 Å². The monoisotopic (exact) mass is 306 g/mol. The molecular weight excluding hydrogens is 280 g/mol. The van der Waals surface area contributed by atoms with E-state index in [1.807, 2.05) is 41.5 Å². The van der Waals surface area contributed by atoms with E-state index in [-0.39, 0.29) is 17.8 Å². The van der Waals surface area contributed by atoms with Crippen LogP contribution in [-0.4, -0.2) is 22.9 Å². The molecular formula is C17H26N2O3. The Labute approximate surface area is 132 Å². The molecule has 0 aliphatic rings. The van der Waals surface area contributed by atoms with Gasteiger partial charge in [0.2, 0.25) is 0 Å². The van der Waals surface area contributed by atoms with E-state index in [1.54, 1.807) is 24.5 Å². The van der Waals surface area contributed by atoms with Crippen molar-refractivity contribution in [3.8, 4) is 0 Å². The van der Waals surface area contributed by atoms with Crippen LogP contribution in [0.1, 0.15) is 47.1 Å². The lowest BCUT2D eigenvalue weighted by atomic mass is 9.76. The Hall–Kier alpha value is -1.91. The lowest BCUT2D eigenvalue weighted by molar-refractivity contribution is -0.130. The highest BCUT2D eigenvalue weighted by molar-refractivity contribution is 5.91. The summed E-state index contributed by atoms with van der Waals surface area (Å²) < 4.78 is 5.19. The number of nitrogens with zero attached hydrogens (tertiary/aromatic N) is 1. The van der Waals surface area contributed by atoms with Crippen molar-refractivity contribution >= 4 is 11.9 Å². The van der Waals surface area contributed by atoms with Gasteiger partial charge in [0, 0.05) is 17.8 Å². The second-order valence-electron chi connectivity index (χ2n) is 7.49. The van der Waals surface area contributed by atoms with Crippen molar-refractivity contribution in [3.05, 3.63) is 30.1 Å². The van der Waals surface area contributed by atoms with Crippen molar-refractivity contribution in [1.82, 2.24) is 10.3 Å². The van der Waals surface area contributed by atoms with E-state index in [4.69, 9.17) is 4.74 Å². The van der Waals surface area contributed by atoms with Crippen LogP contribution in [0.5, 0.6) is 0 Å². The van der Waals surface area contributed by atoms with E-state index in [1.165, 1.54) is 0 Å². The fourth-order valence-corrected chi connectivity index (χ4v) is 1.90. The second kappa shape index (κ2) is 6.90. The van der Waals surface area contributed by atoms with E-state index in [0.717, 1.165) is 5.56 Å². The molecule has 0 aromatic carbocycles. The van der Waals surface area contributed by atoms with Gasteiger partial charge in [-0.05, 0) is 23.1 Å². The Balaban J connectivity index is 2.70. The second-order valence-corrected chi connectivity index (χ2v) is 7.49. The molecule has 0 fully saturated rings. The number of rotatable bonds is 4. The third-order valence-corrected chi connectivity index (χ3v) is 3.25. The number of ether oxygens (including phenoxy) is 1. The number of nitrogens with one attached hydrogen (secondary N) is 1. The maximum absolute atomic E-state index is 12.5. The molecule has 1 heterocycles. The van der Waals surface area contributed by atoms with Gasteiger partial charge in [0.25, 0.3) is 0 Å². The molecule has 1 rings (SSSR count). The fraction of sp³-hybridized carbons (Fsp3) is 0.588. The molecule has 1 amide bonds. The molecule has 1 N–H and O–H groups in total. The minimum Gasteiger partial charge on any atom is -0.445 e. The van der Waals surface area contributed by atoms with Gasteiger partial charge in [-0.2, -0.15) is 0 Å². The predicted octanol–water partition coefficient (Wildman–Crippen LogP) is 3.34. The van der Waals surface area contributed by atoms with E-state index in [9.17, 15) is 9.59 Å². The minimum absolute atomic E-state index is 0.0131. The summed E-state index contributed by atoms with van der Waals surface area (Å²) in [6.45, 7) is 11.4. The molecule has 1 aromatic heterocycles. The van der Waals surface area contributed by atoms with E-state index in [0.29, 0.717) is 0 Å². The number of Topliss-reactive ketones (excluding diaryl/α,β-unsaturated/α-hetero) is 1. The number of carbonyl (C=O) groups is 2. The van der Waals surface area contributed by atoms with Crippen molar-refractivity contribution in [1.29, 1.82) is 0 Å². The Bertz CT molecular complexity index is 513. The SMILES string of the molecule is CC(C)(C)C(=O)C(NC(=O)OCc1ccncc1)C(C)(C)C. The maximum Gasteiger partial charge on any atom is 0.408 e. The van der Waals surface area contributed by atoms with Crippen molar-refractivity contribution in [2.24, 2.45) is 10.8 Å². The quantitative estimate of drug-likeness (QED) is 0.926. The van der Waals surface area contributed by atoms with Crippen LogP contribution in [-0.2, 0) is 16.1 Å². The first-order valence-electron chi connectivity index (χ1n) is 7.38. The number of aromatic nitrogens is 1. The lowest BCUT2D eigenvalue weighted by Crippen LogP contribution is -2.52. The highest BCUT2D eigenvalue weighted by Gasteiger charge is 2.38. The maximum atomic E-state index is 12.5. The summed E-state index contributed by atoms with van der Waals surface area (Å²) in [5.74, 6) is -0.0131. The van der Waals surface area contributed by atoms with Gasteiger partial charge in [0.15, 0.2) is 5.78 Å². The van der Waals surface area contributed by atoms with Crippen LogP contribution >= 0.6 is 0 Å². The zero-order chi connectivity index (χ0) is 17.0. The first-order valence-corrected chi connectivity index (χ1v) is 7.38. The summed E-state index contributed by atoms with van der Waals surface area (Å²) in [7, 11) is 0. The summed E-state index contributed by atoms with van der Waals surface area (Å²) in [5, 5.41) is 2.71. The third-order valence-electron chi connectivity index (χ3n) is 3.25. The standard InChI is InChI=1S/C17H26N2O3/c1-16(2,3)13(14(20)17(4,5)6)19-15(21)22-11-12-7-9-18-10-8-12/h7-10,13H,11H2,1-6H3,(H,19,21). The van der Waals surface area contributed by atoms with Gasteiger partial charge in [-0.3, -0.25) is 9.78 Å². The third kappa shape index (κ3) is 5.47. The molecule has 122 valence electrons. The molecule has 0 bridgehead atoms. The zero-order valence-electron chi connectivity index (χ0n) is 14.3. The van der Waals surface area contributed by atoms with E-state index >= 15 is 0 Å². The molecule has 0 saturated carbocycles. The van der Waals surface area contributed by atoms with E-state index in [2.05, 4.69) is 10.3 Å². The fourth-order valence-electron chi connectivity index (χ4n) is 1.90. The summed E-state index contributed by atoms with van der Waals surface area (Å²) >= 11 is 0. The van der Waals surface area contributed by atoms with E-state index < -0.39 is 17.6 Å². The number of hydrogen-bond acceptors (Lipinski definition) is 4. The minimum atomic E-state index is -0.600. The highest BCUT2D eigenvalue weighted by atomic mass is 16.5. The molecule has 0 saturated heterocycles. The molecule has 1 atom stereocenters. The average Bonchev–Trinajstić information content (AvgIpc) is 2.40. The van der Waals surface area contributed by atoms with Crippen molar-refractivity contribution in [3.63, 3.8) is 0 Å². The number of carbonyl (C=O) groups excluding carboxylic acids is 2. The van der Waals surface area contributed by atoms with Crippen LogP contribution in [0.3, 0.4) is 0 Å². The number of amides is 1. The van der Waals surface area contributed by atoms with Crippen LogP contribution < -0.4 is 5.32 Å². The molecule has 5 nitrogen and oxygen atoms in total. The van der Waals surface area contributed by atoms with Crippen LogP contribution in [0, 0.1) is 10.8 Å². The Morgan fingerprint density at radius 3 is 2.14 bits per heavy atom. The molecule has 0 aliphatic carbocycles. The molecule has 0 radical (unpaired) electrons. The zero-order valence-corrected chi connectivity index (χ0v) is 14.3. The van der Waals surface area contributed by atoms with Crippen LogP contribution in [0.25, 0.3) is 0 Å². The van der Waals surface area contributed by atoms with Crippen molar-refractivity contribution < 1.29 is 14.3 Å². The van der Waals surface area contributed by atoms with Gasteiger partial charge in [-0.25, -0.2) is 4.79 Å². The Morgan fingerprint density at radius 2 is 1.68 bits per heavy atom. The number of pyridine rings is 1. The van der Waals surface area contributed by atoms with Crippen LogP contribution in [0.4, 0.5) is 4.79 Å². The first-order chi connectivity index (χ1) is 10.0. The van der Waals surface area contributed by atoms with Crippen LogP contribution in [0.15, 0.2) is 24.5 Å². The van der Waals surface area contributed by atoms with Gasteiger partial charge in [-0.15, -0.1) is 0 Å². The van der Waals surface area contributed by atoms with Gasteiger partial charge in [-0.1, -0.05) is 41.5 Å². The largest absolute Gasteiger partial charge is 0.445 e. The Kier molecular flexibility index (Phi) is 5.69. The average molecular weight is 306 g/mol. The number of ketones is 1. The van der Waals surface area contributed by atoms with Gasteiger partial charge in [0.1, 0.15) is 6.61 Å². The van der Waals surface area contributed by atoms with Gasteiger partial charge in [0.05, 0.1) is 6.04 Å². The summed E-state index contributed by atoms with van der Waals surface area (Å²) in [6, 6.07) is 2.95. The molecule has 0 aliphatic heterocycles. The molecule has 1 aromatic rings. The molecule has 1 unspecified atom stereocenters. The lowest BCUT2D eigenvalue weighted by Gasteiger charge is -2.34. The topological polar surface area (TPSA) is 68.3 Å². The van der Waals surface area contributed by atoms with Gasteiger partial charge >= 0.3 is 6.09 Å². The highest BCUT2D eigenvalue weighted by Crippen LogP contribution is 2.27. The molecule has 22 heavy (non-hydrogen) atoms. The van der Waals surface area contributed by atoms with Crippen LogP contribution in [0.2, 0.25) is 0 Å².